The number of carbonyl (C=O) groups is 3. The van der Waals surface area contributed by atoms with E-state index in [0.717, 1.165) is 4.90 Å². The molecular formula is C7H10N2O4. The minimum Gasteiger partial charge on any atom is -0.370 e. The van der Waals surface area contributed by atoms with E-state index in [1.54, 1.807) is 0 Å². The van der Waals surface area contributed by atoms with E-state index >= 15 is 0 Å². The van der Waals surface area contributed by atoms with Crippen molar-refractivity contribution >= 4 is 17.7 Å². The zero-order valence-electron chi connectivity index (χ0n) is 6.99. The summed E-state index contributed by atoms with van der Waals surface area (Å²) in [5.74, 6) is -1.37. The van der Waals surface area contributed by atoms with Crippen molar-refractivity contribution in [1.29, 1.82) is 0 Å². The number of morpholine rings is 1. The van der Waals surface area contributed by atoms with E-state index in [1.807, 2.05) is 0 Å². The van der Waals surface area contributed by atoms with Crippen LogP contribution >= 0.6 is 0 Å². The minimum atomic E-state index is -0.535. The highest BCUT2D eigenvalue weighted by Crippen LogP contribution is 2.01. The van der Waals surface area contributed by atoms with E-state index < -0.39 is 17.7 Å². The van der Waals surface area contributed by atoms with E-state index in [0.29, 0.717) is 0 Å². The summed E-state index contributed by atoms with van der Waals surface area (Å²) in [7, 11) is 0. The van der Waals surface area contributed by atoms with Gasteiger partial charge in [-0.25, -0.2) is 0 Å². The smallest absolute Gasteiger partial charge is 0.255 e. The first kappa shape index (κ1) is 9.66. The fourth-order valence-electron chi connectivity index (χ4n) is 0.992. The van der Waals surface area contributed by atoms with Gasteiger partial charge in [0.2, 0.25) is 5.91 Å². The minimum absolute atomic E-state index is 0.00250. The number of nitrogens with two attached hydrogens (primary N) is 1. The topological polar surface area (TPSA) is 89.7 Å². The van der Waals surface area contributed by atoms with Gasteiger partial charge in [-0.05, 0) is 0 Å². The number of hydrogen-bond donors (Lipinski definition) is 1. The largest absolute Gasteiger partial charge is 0.370 e. The van der Waals surface area contributed by atoms with Crippen LogP contribution in [-0.2, 0) is 19.1 Å². The summed E-state index contributed by atoms with van der Waals surface area (Å²) in [6.45, 7) is -0.161. The molecule has 0 aromatic carbocycles. The standard InChI is InChI=1S/C7H10N2O4/c8-5(10)1-2-9-6(11)3-13-4-7(9)12/h1-4H2,(H2,8,10). The van der Waals surface area contributed by atoms with Gasteiger partial charge < -0.3 is 10.5 Å². The average molecular weight is 186 g/mol. The van der Waals surface area contributed by atoms with Gasteiger partial charge in [-0.1, -0.05) is 0 Å². The van der Waals surface area contributed by atoms with Gasteiger partial charge >= 0.3 is 0 Å². The molecule has 0 atom stereocenters. The molecule has 1 aliphatic rings. The third-order valence-corrected chi connectivity index (χ3v) is 1.63. The van der Waals surface area contributed by atoms with E-state index in [-0.39, 0.29) is 26.2 Å². The Bertz CT molecular complexity index is 235. The molecule has 0 unspecified atom stereocenters. The highest BCUT2D eigenvalue weighted by Gasteiger charge is 2.26. The molecule has 1 saturated heterocycles. The quantitative estimate of drug-likeness (QED) is 0.529. The second-order valence-corrected chi connectivity index (χ2v) is 2.65. The zero-order chi connectivity index (χ0) is 9.84. The molecule has 0 radical (unpaired) electrons. The number of primary amides is 1. The average Bonchev–Trinajstić information content (AvgIpc) is 2.03. The monoisotopic (exact) mass is 186 g/mol. The Labute approximate surface area is 74.6 Å². The first-order valence-corrected chi connectivity index (χ1v) is 3.80. The van der Waals surface area contributed by atoms with Gasteiger partial charge in [-0.15, -0.1) is 0 Å². The lowest BCUT2D eigenvalue weighted by molar-refractivity contribution is -0.158. The maximum atomic E-state index is 11.0. The van der Waals surface area contributed by atoms with Crippen LogP contribution in [0.3, 0.4) is 0 Å². The Morgan fingerprint density at radius 3 is 2.38 bits per heavy atom. The first-order chi connectivity index (χ1) is 6.11. The fraction of sp³-hybridized carbons (Fsp3) is 0.571. The molecule has 0 spiro atoms. The Morgan fingerprint density at radius 1 is 1.38 bits per heavy atom. The maximum absolute atomic E-state index is 11.0. The van der Waals surface area contributed by atoms with Gasteiger partial charge in [0.25, 0.3) is 11.8 Å². The van der Waals surface area contributed by atoms with Crippen molar-refractivity contribution in [3.63, 3.8) is 0 Å². The van der Waals surface area contributed by atoms with Gasteiger partial charge in [0.1, 0.15) is 13.2 Å². The van der Waals surface area contributed by atoms with Crippen LogP contribution in [0.2, 0.25) is 0 Å². The molecule has 6 nitrogen and oxygen atoms in total. The predicted molar refractivity (Wildman–Crippen MR) is 41.4 cm³/mol. The second kappa shape index (κ2) is 3.99. The molecule has 1 fully saturated rings. The molecule has 3 amide bonds. The van der Waals surface area contributed by atoms with Gasteiger partial charge in [0, 0.05) is 13.0 Å². The summed E-state index contributed by atoms with van der Waals surface area (Å²) in [4.78, 5) is 33.5. The Balaban J connectivity index is 2.49. The molecular weight excluding hydrogens is 176 g/mol. The predicted octanol–water partition coefficient (Wildman–Crippen LogP) is -1.75. The lowest BCUT2D eigenvalue weighted by atomic mass is 10.3. The van der Waals surface area contributed by atoms with Gasteiger partial charge in [-0.2, -0.15) is 0 Å². The molecule has 0 bridgehead atoms. The SMILES string of the molecule is NC(=O)CCN1C(=O)COCC1=O. The number of ether oxygens (including phenoxy) is 1. The number of nitrogens with zero attached hydrogens (tertiary/aromatic N) is 1. The third-order valence-electron chi connectivity index (χ3n) is 1.63. The van der Waals surface area contributed by atoms with Gasteiger partial charge in [0.15, 0.2) is 0 Å². The van der Waals surface area contributed by atoms with Crippen LogP contribution in [0.5, 0.6) is 0 Å². The number of carbonyl (C=O) groups excluding carboxylic acids is 3. The molecule has 0 aromatic heterocycles. The molecule has 1 aliphatic heterocycles. The van der Waals surface area contributed by atoms with Crippen molar-refractivity contribution in [3.8, 4) is 0 Å². The normalized spacial score (nSPS) is 17.7. The first-order valence-electron chi connectivity index (χ1n) is 3.80. The van der Waals surface area contributed by atoms with Crippen LogP contribution in [0.25, 0.3) is 0 Å². The lowest BCUT2D eigenvalue weighted by Gasteiger charge is -2.24. The van der Waals surface area contributed by atoms with Crippen LogP contribution in [-0.4, -0.2) is 42.4 Å². The van der Waals surface area contributed by atoms with Crippen molar-refractivity contribution in [1.82, 2.24) is 4.90 Å². The molecule has 2 N–H and O–H groups in total. The summed E-state index contributed by atoms with van der Waals surface area (Å²) in [6, 6.07) is 0. The number of imide groups is 1. The van der Waals surface area contributed by atoms with Gasteiger partial charge in [0.05, 0.1) is 0 Å². The van der Waals surface area contributed by atoms with Crippen molar-refractivity contribution in [2.45, 2.75) is 6.42 Å². The van der Waals surface area contributed by atoms with Gasteiger partial charge in [-0.3, -0.25) is 19.3 Å². The van der Waals surface area contributed by atoms with Crippen molar-refractivity contribution in [2.75, 3.05) is 19.8 Å². The van der Waals surface area contributed by atoms with Crippen LogP contribution in [0.1, 0.15) is 6.42 Å². The van der Waals surface area contributed by atoms with Crippen LogP contribution in [0.4, 0.5) is 0 Å². The lowest BCUT2D eigenvalue weighted by Crippen LogP contribution is -2.47. The number of rotatable bonds is 3. The van der Waals surface area contributed by atoms with E-state index in [1.165, 1.54) is 0 Å². The Hall–Kier alpha value is -1.43. The van der Waals surface area contributed by atoms with E-state index in [4.69, 9.17) is 5.73 Å². The maximum Gasteiger partial charge on any atom is 0.255 e. The van der Waals surface area contributed by atoms with Crippen LogP contribution < -0.4 is 5.73 Å². The molecule has 72 valence electrons. The summed E-state index contributed by atoms with van der Waals surface area (Å²) in [5, 5.41) is 0. The third kappa shape index (κ3) is 2.51. The van der Waals surface area contributed by atoms with E-state index in [2.05, 4.69) is 4.74 Å². The van der Waals surface area contributed by atoms with Crippen LogP contribution in [0, 0.1) is 0 Å². The van der Waals surface area contributed by atoms with Crippen molar-refractivity contribution in [2.24, 2.45) is 5.73 Å². The molecule has 6 heteroatoms. The molecule has 1 heterocycles. The molecule has 0 aliphatic carbocycles. The summed E-state index contributed by atoms with van der Waals surface area (Å²) in [6.07, 6.45) is -0.00250. The highest BCUT2D eigenvalue weighted by atomic mass is 16.5. The summed E-state index contributed by atoms with van der Waals surface area (Å²) >= 11 is 0. The van der Waals surface area contributed by atoms with Crippen LogP contribution in [0.15, 0.2) is 0 Å². The Morgan fingerprint density at radius 2 is 1.92 bits per heavy atom. The van der Waals surface area contributed by atoms with Crippen molar-refractivity contribution in [3.05, 3.63) is 0 Å². The highest BCUT2D eigenvalue weighted by molar-refractivity contribution is 5.98. The zero-order valence-corrected chi connectivity index (χ0v) is 6.99. The molecule has 1 rings (SSSR count). The summed E-state index contributed by atoms with van der Waals surface area (Å²) in [5.41, 5.74) is 4.88. The second-order valence-electron chi connectivity index (χ2n) is 2.65. The number of amides is 3. The molecule has 13 heavy (non-hydrogen) atoms. The van der Waals surface area contributed by atoms with E-state index in [9.17, 15) is 14.4 Å². The molecule has 0 saturated carbocycles. The van der Waals surface area contributed by atoms with Crippen molar-refractivity contribution < 1.29 is 19.1 Å². The summed E-state index contributed by atoms with van der Waals surface area (Å²) < 4.78 is 4.67. The Kier molecular flexibility index (Phi) is 2.97. The number of hydrogen-bond acceptors (Lipinski definition) is 4. The fourth-order valence-corrected chi connectivity index (χ4v) is 0.992. The molecule has 0 aromatic rings.